The Hall–Kier alpha value is -1.98. The Morgan fingerprint density at radius 1 is 1.28 bits per heavy atom. The second-order valence-electron chi connectivity index (χ2n) is 5.55. The molecule has 0 bridgehead atoms. The van der Waals surface area contributed by atoms with Crippen molar-refractivity contribution < 1.29 is 26.3 Å². The van der Waals surface area contributed by atoms with Gasteiger partial charge in [0.25, 0.3) is 0 Å². The van der Waals surface area contributed by atoms with Crippen LogP contribution in [0.4, 0.5) is 13.2 Å². The number of ether oxygens (including phenoxy) is 1. The SMILES string of the molecule is Cn1cc([C@H]2CN(S(=O)(=O)c3ccc(C(F)(F)F)nc3)CCO2)cn1. The first kappa shape index (κ1) is 17.8. The summed E-state index contributed by atoms with van der Waals surface area (Å²) in [6.07, 6.45) is -1.07. The van der Waals surface area contributed by atoms with Crippen molar-refractivity contribution in [1.29, 1.82) is 0 Å². The number of pyridine rings is 1. The maximum atomic E-state index is 12.7. The van der Waals surface area contributed by atoms with Crippen LogP contribution in [0, 0.1) is 0 Å². The standard InChI is InChI=1S/C14H15F3N4O3S/c1-20-8-10(6-19-20)12-9-21(4-5-24-12)25(22,23)11-2-3-13(18-7-11)14(15,16)17/h2-3,6-8,12H,4-5,9H2,1H3/t12-/m1/s1. The van der Waals surface area contributed by atoms with Gasteiger partial charge in [0.2, 0.25) is 10.0 Å². The minimum absolute atomic E-state index is 0.0506. The van der Waals surface area contributed by atoms with Crippen molar-refractivity contribution in [3.05, 3.63) is 42.0 Å². The van der Waals surface area contributed by atoms with Gasteiger partial charge in [-0.15, -0.1) is 0 Å². The van der Waals surface area contributed by atoms with Gasteiger partial charge in [-0.2, -0.15) is 22.6 Å². The molecule has 136 valence electrons. The highest BCUT2D eigenvalue weighted by atomic mass is 32.2. The summed E-state index contributed by atoms with van der Waals surface area (Å²) >= 11 is 0. The first-order valence-electron chi connectivity index (χ1n) is 7.31. The molecule has 0 spiro atoms. The fourth-order valence-corrected chi connectivity index (χ4v) is 3.87. The second kappa shape index (κ2) is 6.39. The number of aromatic nitrogens is 3. The largest absolute Gasteiger partial charge is 0.433 e. The zero-order valence-electron chi connectivity index (χ0n) is 13.1. The zero-order chi connectivity index (χ0) is 18.2. The van der Waals surface area contributed by atoms with E-state index in [1.54, 1.807) is 24.1 Å². The van der Waals surface area contributed by atoms with Crippen LogP contribution in [-0.4, -0.2) is 47.2 Å². The van der Waals surface area contributed by atoms with Crippen LogP contribution in [0.15, 0.2) is 35.6 Å². The summed E-state index contributed by atoms with van der Waals surface area (Å²) in [5.74, 6) is 0. The molecule has 0 amide bonds. The maximum absolute atomic E-state index is 12.7. The zero-order valence-corrected chi connectivity index (χ0v) is 14.0. The highest BCUT2D eigenvalue weighted by Gasteiger charge is 2.35. The average molecular weight is 376 g/mol. The van der Waals surface area contributed by atoms with Crippen LogP contribution in [-0.2, 0) is 28.0 Å². The van der Waals surface area contributed by atoms with Crippen molar-refractivity contribution in [2.24, 2.45) is 7.05 Å². The van der Waals surface area contributed by atoms with E-state index in [0.29, 0.717) is 6.07 Å². The molecule has 0 radical (unpaired) electrons. The van der Waals surface area contributed by atoms with E-state index < -0.39 is 28.0 Å². The smallest absolute Gasteiger partial charge is 0.371 e. The summed E-state index contributed by atoms with van der Waals surface area (Å²) in [5, 5.41) is 4.02. The summed E-state index contributed by atoms with van der Waals surface area (Å²) in [7, 11) is -2.23. The van der Waals surface area contributed by atoms with Gasteiger partial charge < -0.3 is 4.74 Å². The number of aryl methyl sites for hydroxylation is 1. The highest BCUT2D eigenvalue weighted by Crippen LogP contribution is 2.29. The molecule has 1 saturated heterocycles. The quantitative estimate of drug-likeness (QED) is 0.813. The lowest BCUT2D eigenvalue weighted by molar-refractivity contribution is -0.141. The summed E-state index contributed by atoms with van der Waals surface area (Å²) in [5.41, 5.74) is -0.408. The van der Waals surface area contributed by atoms with Crippen LogP contribution in [0.1, 0.15) is 17.4 Å². The van der Waals surface area contributed by atoms with Gasteiger partial charge in [0.15, 0.2) is 0 Å². The van der Waals surface area contributed by atoms with Crippen molar-refractivity contribution in [1.82, 2.24) is 19.1 Å². The summed E-state index contributed by atoms with van der Waals surface area (Å²) in [4.78, 5) is 2.93. The molecule has 3 rings (SSSR count). The van der Waals surface area contributed by atoms with Gasteiger partial charge in [0.05, 0.1) is 18.9 Å². The van der Waals surface area contributed by atoms with E-state index in [4.69, 9.17) is 4.74 Å². The third-order valence-electron chi connectivity index (χ3n) is 3.79. The maximum Gasteiger partial charge on any atom is 0.433 e. The van der Waals surface area contributed by atoms with Crippen LogP contribution in [0.25, 0.3) is 0 Å². The van der Waals surface area contributed by atoms with Crippen molar-refractivity contribution in [2.45, 2.75) is 17.2 Å². The Labute approximate surface area is 142 Å². The van der Waals surface area contributed by atoms with Gasteiger partial charge in [0, 0.05) is 38.1 Å². The molecule has 0 saturated carbocycles. The molecule has 1 aliphatic heterocycles. The lowest BCUT2D eigenvalue weighted by atomic mass is 10.2. The van der Waals surface area contributed by atoms with Gasteiger partial charge in [0.1, 0.15) is 10.6 Å². The average Bonchev–Trinajstić information content (AvgIpc) is 3.01. The van der Waals surface area contributed by atoms with E-state index in [9.17, 15) is 21.6 Å². The fraction of sp³-hybridized carbons (Fsp3) is 0.429. The number of morpholine rings is 1. The molecule has 1 aliphatic rings. The highest BCUT2D eigenvalue weighted by molar-refractivity contribution is 7.89. The molecule has 0 aliphatic carbocycles. The van der Waals surface area contributed by atoms with E-state index in [0.717, 1.165) is 17.8 Å². The Balaban J connectivity index is 1.81. The predicted octanol–water partition coefficient (Wildman–Crippen LogP) is 1.60. The fourth-order valence-electron chi connectivity index (χ4n) is 2.50. The number of rotatable bonds is 3. The van der Waals surface area contributed by atoms with Crippen LogP contribution in [0.5, 0.6) is 0 Å². The summed E-state index contributed by atoms with van der Waals surface area (Å²) < 4.78 is 71.3. The molecular weight excluding hydrogens is 361 g/mol. The number of hydrogen-bond acceptors (Lipinski definition) is 5. The predicted molar refractivity (Wildman–Crippen MR) is 79.9 cm³/mol. The van der Waals surface area contributed by atoms with Gasteiger partial charge in [-0.1, -0.05) is 0 Å². The van der Waals surface area contributed by atoms with Gasteiger partial charge in [-0.05, 0) is 12.1 Å². The Bertz CT molecular complexity index is 849. The van der Waals surface area contributed by atoms with Crippen LogP contribution in [0.3, 0.4) is 0 Å². The molecule has 0 aromatic carbocycles. The minimum Gasteiger partial charge on any atom is -0.371 e. The van der Waals surface area contributed by atoms with E-state index >= 15 is 0 Å². The van der Waals surface area contributed by atoms with E-state index in [1.165, 1.54) is 4.31 Å². The lowest BCUT2D eigenvalue weighted by Gasteiger charge is -2.31. The molecule has 2 aromatic rings. The van der Waals surface area contributed by atoms with Crippen molar-refractivity contribution in [3.63, 3.8) is 0 Å². The number of hydrogen-bond donors (Lipinski definition) is 0. The molecule has 3 heterocycles. The Morgan fingerprint density at radius 2 is 2.04 bits per heavy atom. The third kappa shape index (κ3) is 3.67. The Morgan fingerprint density at radius 3 is 2.60 bits per heavy atom. The van der Waals surface area contributed by atoms with Crippen LogP contribution < -0.4 is 0 Å². The molecule has 11 heteroatoms. The topological polar surface area (TPSA) is 77.3 Å². The van der Waals surface area contributed by atoms with Crippen molar-refractivity contribution in [2.75, 3.05) is 19.7 Å². The van der Waals surface area contributed by atoms with E-state index in [-0.39, 0.29) is 24.6 Å². The van der Waals surface area contributed by atoms with Gasteiger partial charge >= 0.3 is 6.18 Å². The first-order chi connectivity index (χ1) is 11.7. The number of halogens is 3. The minimum atomic E-state index is -4.62. The molecule has 0 unspecified atom stereocenters. The summed E-state index contributed by atoms with van der Waals surface area (Å²) in [6.45, 7) is 0.335. The molecule has 1 fully saturated rings. The first-order valence-corrected chi connectivity index (χ1v) is 8.75. The molecular formula is C14H15F3N4O3S. The molecule has 7 nitrogen and oxygen atoms in total. The van der Waals surface area contributed by atoms with E-state index in [2.05, 4.69) is 10.1 Å². The van der Waals surface area contributed by atoms with Gasteiger partial charge in [-0.3, -0.25) is 9.67 Å². The summed E-state index contributed by atoms with van der Waals surface area (Å²) in [6, 6.07) is 1.58. The molecule has 25 heavy (non-hydrogen) atoms. The van der Waals surface area contributed by atoms with Crippen LogP contribution in [0.2, 0.25) is 0 Å². The lowest BCUT2D eigenvalue weighted by Crippen LogP contribution is -2.42. The van der Waals surface area contributed by atoms with Crippen molar-refractivity contribution >= 4 is 10.0 Å². The second-order valence-corrected chi connectivity index (χ2v) is 7.48. The monoisotopic (exact) mass is 376 g/mol. The van der Waals surface area contributed by atoms with Crippen molar-refractivity contribution in [3.8, 4) is 0 Å². The Kier molecular flexibility index (Phi) is 4.56. The molecule has 0 N–H and O–H groups in total. The van der Waals surface area contributed by atoms with Gasteiger partial charge in [-0.25, -0.2) is 8.42 Å². The number of nitrogens with zero attached hydrogens (tertiary/aromatic N) is 4. The molecule has 1 atom stereocenters. The number of alkyl halides is 3. The van der Waals surface area contributed by atoms with Crippen LogP contribution >= 0.6 is 0 Å². The third-order valence-corrected chi connectivity index (χ3v) is 5.64. The number of sulfonamides is 1. The van der Waals surface area contributed by atoms with E-state index in [1.807, 2.05) is 0 Å². The molecule has 2 aromatic heterocycles. The normalized spacial score (nSPS) is 19.9.